The fraction of sp³-hybridized carbons (Fsp3) is 0.286. The predicted molar refractivity (Wildman–Crippen MR) is 103 cm³/mol. The highest BCUT2D eigenvalue weighted by atomic mass is 16.5. The van der Waals surface area contributed by atoms with Crippen LogP contribution in [-0.4, -0.2) is 39.8 Å². The number of carbonyl (C=O) groups is 1. The van der Waals surface area contributed by atoms with Gasteiger partial charge < -0.3 is 14.8 Å². The molecule has 4 rings (SSSR count). The third-order valence-electron chi connectivity index (χ3n) is 4.61. The first-order valence-electron chi connectivity index (χ1n) is 9.34. The molecule has 1 aromatic carbocycles. The summed E-state index contributed by atoms with van der Waals surface area (Å²) in [6.07, 6.45) is 9.28. The van der Waals surface area contributed by atoms with Crippen molar-refractivity contribution in [3.05, 3.63) is 72.4 Å². The number of aromatic nitrogens is 3. The minimum absolute atomic E-state index is 0.135. The van der Waals surface area contributed by atoms with E-state index in [4.69, 9.17) is 9.47 Å². The number of pyridine rings is 1. The molecule has 0 bridgehead atoms. The maximum atomic E-state index is 12.3. The van der Waals surface area contributed by atoms with Crippen molar-refractivity contribution in [2.75, 3.05) is 13.2 Å². The summed E-state index contributed by atoms with van der Waals surface area (Å²) in [5, 5.41) is 2.91. The Labute approximate surface area is 163 Å². The van der Waals surface area contributed by atoms with Gasteiger partial charge in [0.15, 0.2) is 0 Å². The Hall–Kier alpha value is -3.19. The highest BCUT2D eigenvalue weighted by molar-refractivity contribution is 5.94. The molecule has 1 aliphatic rings. The summed E-state index contributed by atoms with van der Waals surface area (Å²) < 4.78 is 13.1. The molecule has 1 N–H and O–H groups in total. The summed E-state index contributed by atoms with van der Waals surface area (Å²) >= 11 is 0. The van der Waals surface area contributed by atoms with Gasteiger partial charge in [0.25, 0.3) is 5.91 Å². The fourth-order valence-electron chi connectivity index (χ4n) is 3.02. The molecule has 7 heteroatoms. The molecule has 2 aromatic heterocycles. The van der Waals surface area contributed by atoms with Crippen molar-refractivity contribution in [1.29, 1.82) is 0 Å². The predicted octanol–water partition coefficient (Wildman–Crippen LogP) is 2.76. The van der Waals surface area contributed by atoms with Crippen LogP contribution in [0.2, 0.25) is 0 Å². The molecule has 144 valence electrons. The lowest BCUT2D eigenvalue weighted by molar-refractivity contribution is 0.0679. The average Bonchev–Trinajstić information content (AvgIpc) is 3.45. The molecule has 0 saturated carbocycles. The topological polar surface area (TPSA) is 78.3 Å². The summed E-state index contributed by atoms with van der Waals surface area (Å²) in [5.41, 5.74) is 1.51. The molecule has 1 fully saturated rings. The largest absolute Gasteiger partial charge is 0.491 e. The van der Waals surface area contributed by atoms with Crippen molar-refractivity contribution < 1.29 is 14.3 Å². The Bertz CT molecular complexity index is 886. The maximum absolute atomic E-state index is 12.3. The molecule has 1 saturated heterocycles. The van der Waals surface area contributed by atoms with E-state index in [0.29, 0.717) is 18.7 Å². The molecule has 0 radical (unpaired) electrons. The van der Waals surface area contributed by atoms with Gasteiger partial charge in [-0.3, -0.25) is 9.36 Å². The van der Waals surface area contributed by atoms with E-state index in [9.17, 15) is 4.79 Å². The second kappa shape index (κ2) is 8.67. The van der Waals surface area contributed by atoms with Crippen molar-refractivity contribution in [3.8, 4) is 11.6 Å². The molecule has 0 aliphatic carbocycles. The number of amides is 1. The summed E-state index contributed by atoms with van der Waals surface area (Å²) in [6.45, 7) is 1.77. The second-order valence-corrected chi connectivity index (χ2v) is 6.65. The van der Waals surface area contributed by atoms with Crippen LogP contribution in [0.3, 0.4) is 0 Å². The van der Waals surface area contributed by atoms with Gasteiger partial charge in [-0.25, -0.2) is 9.97 Å². The highest BCUT2D eigenvalue weighted by Gasteiger charge is 2.16. The van der Waals surface area contributed by atoms with Crippen LogP contribution in [0.1, 0.15) is 28.8 Å². The first kappa shape index (κ1) is 18.2. The summed E-state index contributed by atoms with van der Waals surface area (Å²) in [4.78, 5) is 20.7. The lowest BCUT2D eigenvalue weighted by atomic mass is 10.2. The quantitative estimate of drug-likeness (QED) is 0.684. The van der Waals surface area contributed by atoms with Gasteiger partial charge in [-0.1, -0.05) is 6.07 Å². The molecule has 1 unspecified atom stereocenters. The smallest absolute Gasteiger partial charge is 0.251 e. The van der Waals surface area contributed by atoms with Gasteiger partial charge in [-0.2, -0.15) is 0 Å². The summed E-state index contributed by atoms with van der Waals surface area (Å²) in [7, 11) is 0. The number of ether oxygens (including phenoxy) is 2. The standard InChI is InChI=1S/C21H22N4O3/c26-21(17-4-6-18(7-5-17)28-14-19-2-1-11-27-19)24-13-16-3-8-20(23-12-16)25-10-9-22-15-25/h3-10,12,15,19H,1-2,11,13-14H2,(H,24,26). The fourth-order valence-corrected chi connectivity index (χ4v) is 3.02. The maximum Gasteiger partial charge on any atom is 0.251 e. The van der Waals surface area contributed by atoms with Crippen LogP contribution in [0.15, 0.2) is 61.3 Å². The van der Waals surface area contributed by atoms with E-state index in [2.05, 4.69) is 15.3 Å². The van der Waals surface area contributed by atoms with Crippen LogP contribution in [0.25, 0.3) is 5.82 Å². The van der Waals surface area contributed by atoms with Gasteiger partial charge in [0, 0.05) is 37.3 Å². The number of hydrogen-bond donors (Lipinski definition) is 1. The Morgan fingerprint density at radius 2 is 2.14 bits per heavy atom. The first-order valence-corrected chi connectivity index (χ1v) is 9.34. The van der Waals surface area contributed by atoms with Gasteiger partial charge in [0.2, 0.25) is 0 Å². The third kappa shape index (κ3) is 4.55. The van der Waals surface area contributed by atoms with Crippen molar-refractivity contribution in [2.24, 2.45) is 0 Å². The number of benzene rings is 1. The number of hydrogen-bond acceptors (Lipinski definition) is 5. The van der Waals surface area contributed by atoms with Gasteiger partial charge >= 0.3 is 0 Å². The van der Waals surface area contributed by atoms with Gasteiger partial charge in [-0.15, -0.1) is 0 Å². The van der Waals surface area contributed by atoms with E-state index in [1.54, 1.807) is 30.9 Å². The monoisotopic (exact) mass is 378 g/mol. The van der Waals surface area contributed by atoms with Crippen molar-refractivity contribution in [3.63, 3.8) is 0 Å². The minimum Gasteiger partial charge on any atom is -0.491 e. The molecule has 3 heterocycles. The lowest BCUT2D eigenvalue weighted by Crippen LogP contribution is -2.22. The van der Waals surface area contributed by atoms with Gasteiger partial charge in [-0.05, 0) is 48.7 Å². The van der Waals surface area contributed by atoms with E-state index in [1.807, 2.05) is 35.0 Å². The summed E-state index contributed by atoms with van der Waals surface area (Å²) in [5.74, 6) is 1.39. The van der Waals surface area contributed by atoms with E-state index in [1.165, 1.54) is 0 Å². The molecular weight excluding hydrogens is 356 g/mol. The van der Waals surface area contributed by atoms with Crippen molar-refractivity contribution >= 4 is 5.91 Å². The van der Waals surface area contributed by atoms with E-state index in [0.717, 1.165) is 36.6 Å². The Morgan fingerprint density at radius 1 is 1.25 bits per heavy atom. The Balaban J connectivity index is 1.27. The third-order valence-corrected chi connectivity index (χ3v) is 4.61. The number of carbonyl (C=O) groups excluding carboxylic acids is 1. The van der Waals surface area contributed by atoms with Gasteiger partial charge in [0.05, 0.1) is 6.10 Å². The summed E-state index contributed by atoms with van der Waals surface area (Å²) in [6, 6.07) is 11.0. The molecule has 1 amide bonds. The normalized spacial score (nSPS) is 16.1. The number of nitrogens with one attached hydrogen (secondary N) is 1. The first-order chi connectivity index (χ1) is 13.8. The van der Waals surface area contributed by atoms with E-state index in [-0.39, 0.29) is 12.0 Å². The number of imidazole rings is 1. The zero-order valence-corrected chi connectivity index (χ0v) is 15.5. The molecule has 0 spiro atoms. The lowest BCUT2D eigenvalue weighted by Gasteiger charge is -2.12. The van der Waals surface area contributed by atoms with E-state index >= 15 is 0 Å². The number of rotatable bonds is 7. The van der Waals surface area contributed by atoms with Crippen molar-refractivity contribution in [2.45, 2.75) is 25.5 Å². The Morgan fingerprint density at radius 3 is 2.82 bits per heavy atom. The van der Waals surface area contributed by atoms with Crippen LogP contribution in [0.4, 0.5) is 0 Å². The molecule has 1 aliphatic heterocycles. The number of nitrogens with zero attached hydrogens (tertiary/aromatic N) is 3. The zero-order chi connectivity index (χ0) is 19.2. The van der Waals surface area contributed by atoms with Crippen LogP contribution >= 0.6 is 0 Å². The molecule has 1 atom stereocenters. The molecule has 28 heavy (non-hydrogen) atoms. The zero-order valence-electron chi connectivity index (χ0n) is 15.5. The van der Waals surface area contributed by atoms with Crippen LogP contribution < -0.4 is 10.1 Å². The average molecular weight is 378 g/mol. The molecule has 7 nitrogen and oxygen atoms in total. The van der Waals surface area contributed by atoms with Crippen LogP contribution in [0.5, 0.6) is 5.75 Å². The second-order valence-electron chi connectivity index (χ2n) is 6.65. The van der Waals surface area contributed by atoms with Crippen LogP contribution in [-0.2, 0) is 11.3 Å². The molecular formula is C21H22N4O3. The molecule has 3 aromatic rings. The Kier molecular flexibility index (Phi) is 5.63. The van der Waals surface area contributed by atoms with Crippen LogP contribution in [0, 0.1) is 0 Å². The van der Waals surface area contributed by atoms with E-state index < -0.39 is 0 Å². The SMILES string of the molecule is O=C(NCc1ccc(-n2ccnc2)nc1)c1ccc(OCC2CCCO2)cc1. The van der Waals surface area contributed by atoms with Crippen molar-refractivity contribution in [1.82, 2.24) is 19.9 Å². The minimum atomic E-state index is -0.135. The highest BCUT2D eigenvalue weighted by Crippen LogP contribution is 2.16. The van der Waals surface area contributed by atoms with Gasteiger partial charge in [0.1, 0.15) is 24.5 Å².